The van der Waals surface area contributed by atoms with Gasteiger partial charge in [-0.1, -0.05) is 73.8 Å². The number of fused-ring (bicyclic) bond motifs is 1. The average Bonchev–Trinajstić information content (AvgIpc) is 2.64. The van der Waals surface area contributed by atoms with Crippen LogP contribution >= 0.6 is 11.6 Å². The number of unbranched alkanes of at least 4 members (excludes halogenated alkanes) is 1. The molecule has 0 spiro atoms. The molecule has 0 heterocycles. The van der Waals surface area contributed by atoms with Crippen LogP contribution < -0.4 is 0 Å². The zero-order chi connectivity index (χ0) is 17.8. The Kier molecular flexibility index (Phi) is 5.70. The highest BCUT2D eigenvalue weighted by Crippen LogP contribution is 2.39. The zero-order valence-corrected chi connectivity index (χ0v) is 14.9. The van der Waals surface area contributed by atoms with E-state index in [1.165, 1.54) is 12.1 Å². The Morgan fingerprint density at radius 2 is 1.64 bits per heavy atom. The van der Waals surface area contributed by atoms with Gasteiger partial charge in [0.15, 0.2) is 0 Å². The third-order valence-corrected chi connectivity index (χ3v) is 4.99. The summed E-state index contributed by atoms with van der Waals surface area (Å²) in [5.41, 5.74) is 1.30. The lowest BCUT2D eigenvalue weighted by molar-refractivity contribution is 0.274. The molecule has 3 rings (SSSR count). The third kappa shape index (κ3) is 4.01. The summed E-state index contributed by atoms with van der Waals surface area (Å²) in [7, 11) is 0. The van der Waals surface area contributed by atoms with Gasteiger partial charge < -0.3 is 0 Å². The summed E-state index contributed by atoms with van der Waals surface area (Å²) < 4.78 is 29.3. The molecule has 0 saturated carbocycles. The van der Waals surface area contributed by atoms with Crippen LogP contribution in [0, 0.1) is 5.82 Å². The summed E-state index contributed by atoms with van der Waals surface area (Å²) in [5, 5.41) is 2.17. The Morgan fingerprint density at radius 3 is 2.36 bits per heavy atom. The molecular weight excluding hydrogens is 338 g/mol. The fourth-order valence-corrected chi connectivity index (χ4v) is 3.38. The van der Waals surface area contributed by atoms with Gasteiger partial charge in [-0.25, -0.2) is 8.78 Å². The monoisotopic (exact) mass is 358 g/mol. The molecule has 3 heteroatoms. The van der Waals surface area contributed by atoms with Crippen LogP contribution in [0.1, 0.15) is 49.4 Å². The summed E-state index contributed by atoms with van der Waals surface area (Å²) >= 11 is 5.78. The molecular formula is C22H21ClF2. The molecule has 2 unspecified atom stereocenters. The first-order valence-corrected chi connectivity index (χ1v) is 9.05. The molecule has 0 aromatic heterocycles. The van der Waals surface area contributed by atoms with Crippen molar-refractivity contribution in [1.82, 2.24) is 0 Å². The molecule has 3 aromatic rings. The van der Waals surface area contributed by atoms with E-state index in [0.717, 1.165) is 23.6 Å². The van der Waals surface area contributed by atoms with Crippen molar-refractivity contribution >= 4 is 22.4 Å². The molecule has 0 aliphatic carbocycles. The highest BCUT2D eigenvalue weighted by Gasteiger charge is 2.25. The van der Waals surface area contributed by atoms with Crippen molar-refractivity contribution in [2.24, 2.45) is 0 Å². The minimum atomic E-state index is -1.18. The lowest BCUT2D eigenvalue weighted by Crippen LogP contribution is -2.08. The predicted molar refractivity (Wildman–Crippen MR) is 101 cm³/mol. The van der Waals surface area contributed by atoms with Crippen molar-refractivity contribution in [2.75, 3.05) is 0 Å². The van der Waals surface area contributed by atoms with Gasteiger partial charge in [-0.2, -0.15) is 0 Å². The molecule has 0 bridgehead atoms. The maximum atomic E-state index is 15.4. The van der Waals surface area contributed by atoms with Gasteiger partial charge in [-0.3, -0.25) is 0 Å². The summed E-state index contributed by atoms with van der Waals surface area (Å²) in [4.78, 5) is 0. The van der Waals surface area contributed by atoms with Gasteiger partial charge in [-0.05, 0) is 46.5 Å². The number of benzene rings is 3. The fraction of sp³-hybridized carbons (Fsp3) is 0.273. The normalized spacial score (nSPS) is 13.8. The van der Waals surface area contributed by atoms with E-state index in [1.807, 2.05) is 42.5 Å². The van der Waals surface area contributed by atoms with E-state index < -0.39 is 12.0 Å². The van der Waals surface area contributed by atoms with E-state index in [9.17, 15) is 4.39 Å². The lowest BCUT2D eigenvalue weighted by Gasteiger charge is -2.22. The van der Waals surface area contributed by atoms with E-state index in [-0.39, 0.29) is 10.9 Å². The Morgan fingerprint density at radius 1 is 0.920 bits per heavy atom. The van der Waals surface area contributed by atoms with Crippen molar-refractivity contribution in [1.29, 1.82) is 0 Å². The van der Waals surface area contributed by atoms with E-state index >= 15 is 4.39 Å². The van der Waals surface area contributed by atoms with E-state index in [1.54, 1.807) is 6.07 Å². The first-order valence-electron chi connectivity index (χ1n) is 8.68. The Labute approximate surface area is 152 Å². The smallest absolute Gasteiger partial charge is 0.142 e. The molecule has 3 aromatic carbocycles. The van der Waals surface area contributed by atoms with Crippen molar-refractivity contribution in [3.8, 4) is 0 Å². The molecule has 0 amide bonds. The highest BCUT2D eigenvalue weighted by molar-refractivity contribution is 6.30. The summed E-state index contributed by atoms with van der Waals surface area (Å²) in [6, 6.07) is 18.2. The van der Waals surface area contributed by atoms with Crippen molar-refractivity contribution in [2.45, 2.75) is 38.3 Å². The van der Waals surface area contributed by atoms with Crippen molar-refractivity contribution in [3.05, 3.63) is 82.6 Å². The standard InChI is InChI=1S/C22H21ClF2/c1-2-3-8-19(17-11-12-20(23)21(24)14-17)22(25)18-10-9-15-6-4-5-7-16(15)13-18/h4-7,9-14,19,22H,2-3,8H2,1H3. The number of hydrogen-bond donors (Lipinski definition) is 0. The van der Waals surface area contributed by atoms with E-state index in [0.29, 0.717) is 17.5 Å². The number of halogens is 3. The minimum Gasteiger partial charge on any atom is -0.242 e. The first-order chi connectivity index (χ1) is 12.1. The number of hydrogen-bond acceptors (Lipinski definition) is 0. The minimum absolute atomic E-state index is 0.0686. The first kappa shape index (κ1) is 17.9. The topological polar surface area (TPSA) is 0 Å². The molecule has 2 atom stereocenters. The molecule has 0 aliphatic rings. The largest absolute Gasteiger partial charge is 0.242 e. The number of alkyl halides is 1. The lowest BCUT2D eigenvalue weighted by atomic mass is 9.85. The van der Waals surface area contributed by atoms with Crippen LogP contribution in [0.3, 0.4) is 0 Å². The quantitative estimate of drug-likeness (QED) is 0.425. The molecule has 0 radical (unpaired) electrons. The maximum Gasteiger partial charge on any atom is 0.142 e. The zero-order valence-electron chi connectivity index (χ0n) is 14.2. The van der Waals surface area contributed by atoms with Crippen LogP contribution in [0.4, 0.5) is 8.78 Å². The van der Waals surface area contributed by atoms with Crippen molar-refractivity contribution in [3.63, 3.8) is 0 Å². The van der Waals surface area contributed by atoms with E-state index in [4.69, 9.17) is 11.6 Å². The molecule has 0 fully saturated rings. The SMILES string of the molecule is CCCCC(c1ccc(Cl)c(F)c1)C(F)c1ccc2ccccc2c1. The van der Waals surface area contributed by atoms with Gasteiger partial charge in [0.05, 0.1) is 5.02 Å². The summed E-state index contributed by atoms with van der Waals surface area (Å²) in [6.45, 7) is 2.07. The number of rotatable bonds is 6. The predicted octanol–water partition coefficient (Wildman–Crippen LogP) is 7.62. The Hall–Kier alpha value is -1.93. The molecule has 0 saturated heterocycles. The van der Waals surface area contributed by atoms with E-state index in [2.05, 4.69) is 6.92 Å². The van der Waals surface area contributed by atoms with Gasteiger partial charge in [0, 0.05) is 5.92 Å². The molecule has 130 valence electrons. The Balaban J connectivity index is 1.96. The third-order valence-electron chi connectivity index (χ3n) is 4.69. The second-order valence-electron chi connectivity index (χ2n) is 6.43. The van der Waals surface area contributed by atoms with Gasteiger partial charge in [-0.15, -0.1) is 0 Å². The van der Waals surface area contributed by atoms with Crippen molar-refractivity contribution < 1.29 is 8.78 Å². The average molecular weight is 359 g/mol. The summed E-state index contributed by atoms with van der Waals surface area (Å²) in [5.74, 6) is -0.876. The molecule has 0 aliphatic heterocycles. The Bertz CT molecular complexity index is 860. The second kappa shape index (κ2) is 7.97. The van der Waals surface area contributed by atoms with Crippen LogP contribution in [0.2, 0.25) is 5.02 Å². The molecule has 0 N–H and O–H groups in total. The highest BCUT2D eigenvalue weighted by atomic mass is 35.5. The molecule has 25 heavy (non-hydrogen) atoms. The molecule has 0 nitrogen and oxygen atoms in total. The maximum absolute atomic E-state index is 15.4. The second-order valence-corrected chi connectivity index (χ2v) is 6.84. The van der Waals surface area contributed by atoms with Gasteiger partial charge >= 0.3 is 0 Å². The van der Waals surface area contributed by atoms with Crippen LogP contribution in [-0.4, -0.2) is 0 Å². The van der Waals surface area contributed by atoms with Crippen LogP contribution in [-0.2, 0) is 0 Å². The van der Waals surface area contributed by atoms with Crippen LogP contribution in [0.5, 0.6) is 0 Å². The van der Waals surface area contributed by atoms with Gasteiger partial charge in [0.1, 0.15) is 12.0 Å². The van der Waals surface area contributed by atoms with Crippen LogP contribution in [0.25, 0.3) is 10.8 Å². The fourth-order valence-electron chi connectivity index (χ4n) is 3.26. The van der Waals surface area contributed by atoms with Crippen LogP contribution in [0.15, 0.2) is 60.7 Å². The van der Waals surface area contributed by atoms with Gasteiger partial charge in [0.2, 0.25) is 0 Å². The van der Waals surface area contributed by atoms with Gasteiger partial charge in [0.25, 0.3) is 0 Å². The summed E-state index contributed by atoms with van der Waals surface area (Å²) in [6.07, 6.45) is 1.35.